The average Bonchev–Trinajstić information content (AvgIpc) is 2.47. The number of ether oxygens (including phenoxy) is 1. The third kappa shape index (κ3) is 2.01. The maximum atomic E-state index is 5.17. The van der Waals surface area contributed by atoms with Gasteiger partial charge in [-0.25, -0.2) is 15.0 Å². The molecule has 2 aromatic heterocycles. The molecule has 0 radical (unpaired) electrons. The monoisotopic (exact) mass is 244 g/mol. The van der Waals surface area contributed by atoms with Crippen molar-refractivity contribution in [2.45, 2.75) is 18.8 Å². The van der Waals surface area contributed by atoms with E-state index in [9.17, 15) is 0 Å². The highest BCUT2D eigenvalue weighted by Crippen LogP contribution is 2.28. The van der Waals surface area contributed by atoms with Gasteiger partial charge in [0.1, 0.15) is 17.6 Å². The molecule has 5 heteroatoms. The fourth-order valence-corrected chi connectivity index (χ4v) is 2.45. The highest BCUT2D eigenvalue weighted by molar-refractivity contribution is 5.77. The molecule has 3 heterocycles. The van der Waals surface area contributed by atoms with E-state index in [4.69, 9.17) is 4.74 Å². The molecule has 18 heavy (non-hydrogen) atoms. The minimum Gasteiger partial charge on any atom is -0.495 e. The smallest absolute Gasteiger partial charge is 0.139 e. The largest absolute Gasteiger partial charge is 0.495 e. The number of fused-ring (bicyclic) bond motifs is 1. The molecule has 0 atom stereocenters. The van der Waals surface area contributed by atoms with Crippen LogP contribution in [0.3, 0.4) is 0 Å². The van der Waals surface area contributed by atoms with Crippen molar-refractivity contribution in [2.24, 2.45) is 0 Å². The minimum absolute atomic E-state index is 0.484. The maximum absolute atomic E-state index is 5.17. The van der Waals surface area contributed by atoms with E-state index in [2.05, 4.69) is 20.3 Å². The number of rotatable bonds is 2. The summed E-state index contributed by atoms with van der Waals surface area (Å²) >= 11 is 0. The molecule has 94 valence electrons. The molecule has 1 saturated heterocycles. The van der Waals surface area contributed by atoms with E-state index in [0.717, 1.165) is 48.4 Å². The van der Waals surface area contributed by atoms with Gasteiger partial charge in [-0.3, -0.25) is 0 Å². The van der Waals surface area contributed by atoms with Crippen molar-refractivity contribution in [3.8, 4) is 5.75 Å². The van der Waals surface area contributed by atoms with Crippen molar-refractivity contribution >= 4 is 11.0 Å². The van der Waals surface area contributed by atoms with E-state index in [-0.39, 0.29) is 0 Å². The van der Waals surface area contributed by atoms with E-state index in [1.165, 1.54) is 0 Å². The van der Waals surface area contributed by atoms with Crippen LogP contribution in [0.5, 0.6) is 5.75 Å². The summed E-state index contributed by atoms with van der Waals surface area (Å²) in [4.78, 5) is 13.2. The van der Waals surface area contributed by atoms with Gasteiger partial charge in [0, 0.05) is 12.0 Å². The fourth-order valence-electron chi connectivity index (χ4n) is 2.45. The van der Waals surface area contributed by atoms with Crippen molar-refractivity contribution < 1.29 is 4.74 Å². The molecule has 1 aliphatic rings. The summed E-state index contributed by atoms with van der Waals surface area (Å²) in [6.45, 7) is 2.10. The van der Waals surface area contributed by atoms with Crippen LogP contribution in [0.1, 0.15) is 24.5 Å². The Morgan fingerprint density at radius 1 is 1.22 bits per heavy atom. The van der Waals surface area contributed by atoms with Crippen LogP contribution in [0, 0.1) is 0 Å². The van der Waals surface area contributed by atoms with Crippen molar-refractivity contribution in [3.05, 3.63) is 24.3 Å². The van der Waals surface area contributed by atoms with Crippen molar-refractivity contribution in [1.82, 2.24) is 20.3 Å². The lowest BCUT2D eigenvalue weighted by Crippen LogP contribution is -2.27. The zero-order valence-electron chi connectivity index (χ0n) is 10.4. The van der Waals surface area contributed by atoms with Gasteiger partial charge in [0.15, 0.2) is 0 Å². The van der Waals surface area contributed by atoms with Gasteiger partial charge in [-0.2, -0.15) is 0 Å². The molecule has 2 aromatic rings. The zero-order chi connectivity index (χ0) is 12.4. The van der Waals surface area contributed by atoms with Crippen LogP contribution in [0.4, 0.5) is 0 Å². The molecule has 1 fully saturated rings. The Kier molecular flexibility index (Phi) is 3.06. The van der Waals surface area contributed by atoms with Gasteiger partial charge in [0.2, 0.25) is 0 Å². The number of methoxy groups -OCH3 is 1. The molecule has 1 aliphatic heterocycles. The standard InChI is InChI=1S/C13H16N4O/c1-18-10-6-11-13(15-7-10)12(17-8-16-11)9-2-4-14-5-3-9/h6-9,14H,2-5H2,1H3. The second-order valence-corrected chi connectivity index (χ2v) is 4.53. The van der Waals surface area contributed by atoms with Crippen LogP contribution < -0.4 is 10.1 Å². The lowest BCUT2D eigenvalue weighted by atomic mass is 9.93. The molecular formula is C13H16N4O. The molecule has 0 bridgehead atoms. The predicted molar refractivity (Wildman–Crippen MR) is 68.7 cm³/mol. The highest BCUT2D eigenvalue weighted by atomic mass is 16.5. The van der Waals surface area contributed by atoms with Gasteiger partial charge in [-0.15, -0.1) is 0 Å². The molecule has 1 N–H and O–H groups in total. The van der Waals surface area contributed by atoms with E-state index >= 15 is 0 Å². The first-order valence-electron chi connectivity index (χ1n) is 6.24. The number of piperidine rings is 1. The summed E-state index contributed by atoms with van der Waals surface area (Å²) in [5, 5.41) is 3.37. The van der Waals surface area contributed by atoms with E-state index in [1.807, 2.05) is 6.07 Å². The normalized spacial score (nSPS) is 16.9. The lowest BCUT2D eigenvalue weighted by molar-refractivity contribution is 0.413. The molecule has 0 unspecified atom stereocenters. The fraction of sp³-hybridized carbons (Fsp3) is 0.462. The second-order valence-electron chi connectivity index (χ2n) is 4.53. The third-order valence-electron chi connectivity index (χ3n) is 3.44. The first-order chi connectivity index (χ1) is 8.88. The Balaban J connectivity index is 2.05. The Hall–Kier alpha value is -1.75. The topological polar surface area (TPSA) is 59.9 Å². The van der Waals surface area contributed by atoms with Crippen molar-refractivity contribution in [1.29, 1.82) is 0 Å². The Labute approximate surface area is 106 Å². The van der Waals surface area contributed by atoms with Gasteiger partial charge in [-0.05, 0) is 25.9 Å². The SMILES string of the molecule is COc1cnc2c(C3CCNCC3)ncnc2c1. The van der Waals surface area contributed by atoms with Gasteiger partial charge >= 0.3 is 0 Å². The molecular weight excluding hydrogens is 228 g/mol. The molecule has 3 rings (SSSR count). The van der Waals surface area contributed by atoms with E-state index in [0.29, 0.717) is 5.92 Å². The first-order valence-corrected chi connectivity index (χ1v) is 6.24. The Morgan fingerprint density at radius 2 is 2.06 bits per heavy atom. The quantitative estimate of drug-likeness (QED) is 0.867. The zero-order valence-corrected chi connectivity index (χ0v) is 10.4. The van der Waals surface area contributed by atoms with Crippen molar-refractivity contribution in [3.63, 3.8) is 0 Å². The maximum Gasteiger partial charge on any atom is 0.139 e. The Bertz CT molecular complexity index is 552. The molecule has 0 spiro atoms. The second kappa shape index (κ2) is 4.86. The van der Waals surface area contributed by atoms with Gasteiger partial charge in [0.05, 0.1) is 24.5 Å². The van der Waals surface area contributed by atoms with Crippen LogP contribution in [0.25, 0.3) is 11.0 Å². The summed E-state index contributed by atoms with van der Waals surface area (Å²) in [6.07, 6.45) is 5.58. The molecule has 0 amide bonds. The number of nitrogens with one attached hydrogen (secondary N) is 1. The Morgan fingerprint density at radius 3 is 2.83 bits per heavy atom. The highest BCUT2D eigenvalue weighted by Gasteiger charge is 2.19. The van der Waals surface area contributed by atoms with E-state index < -0.39 is 0 Å². The molecule has 5 nitrogen and oxygen atoms in total. The summed E-state index contributed by atoms with van der Waals surface area (Å²) in [5.41, 5.74) is 2.84. The van der Waals surface area contributed by atoms with Crippen LogP contribution >= 0.6 is 0 Å². The summed E-state index contributed by atoms with van der Waals surface area (Å²) < 4.78 is 5.17. The lowest BCUT2D eigenvalue weighted by Gasteiger charge is -2.22. The predicted octanol–water partition coefficient (Wildman–Crippen LogP) is 1.50. The van der Waals surface area contributed by atoms with E-state index in [1.54, 1.807) is 19.6 Å². The summed E-state index contributed by atoms with van der Waals surface area (Å²) in [6, 6.07) is 1.91. The molecule has 0 aromatic carbocycles. The van der Waals surface area contributed by atoms with Crippen LogP contribution in [0.2, 0.25) is 0 Å². The summed E-state index contributed by atoms with van der Waals surface area (Å²) in [5.74, 6) is 1.22. The molecule has 0 aliphatic carbocycles. The number of aromatic nitrogens is 3. The summed E-state index contributed by atoms with van der Waals surface area (Å²) in [7, 11) is 1.64. The number of hydrogen-bond donors (Lipinski definition) is 1. The van der Waals surface area contributed by atoms with Crippen LogP contribution in [-0.2, 0) is 0 Å². The van der Waals surface area contributed by atoms with Crippen molar-refractivity contribution in [2.75, 3.05) is 20.2 Å². The number of hydrogen-bond acceptors (Lipinski definition) is 5. The minimum atomic E-state index is 0.484. The first kappa shape index (κ1) is 11.3. The van der Waals surface area contributed by atoms with Gasteiger partial charge in [-0.1, -0.05) is 0 Å². The number of pyridine rings is 1. The van der Waals surface area contributed by atoms with Crippen LogP contribution in [-0.4, -0.2) is 35.2 Å². The van der Waals surface area contributed by atoms with Crippen LogP contribution in [0.15, 0.2) is 18.6 Å². The van der Waals surface area contributed by atoms with Gasteiger partial charge < -0.3 is 10.1 Å². The number of nitrogens with zero attached hydrogens (tertiary/aromatic N) is 3. The third-order valence-corrected chi connectivity index (χ3v) is 3.44. The average molecular weight is 244 g/mol. The van der Waals surface area contributed by atoms with Gasteiger partial charge in [0.25, 0.3) is 0 Å². The molecule has 0 saturated carbocycles.